The van der Waals surface area contributed by atoms with Gasteiger partial charge >= 0.3 is 5.97 Å². The van der Waals surface area contributed by atoms with Crippen LogP contribution in [0.2, 0.25) is 0 Å². The number of amides is 1. The fraction of sp³-hybridized carbons (Fsp3) is 0.412. The number of carboxylic acids is 1. The number of rotatable bonds is 4. The molecule has 0 aliphatic carbocycles. The summed E-state index contributed by atoms with van der Waals surface area (Å²) in [7, 11) is 0. The number of likely N-dealkylation sites (tertiary alicyclic amines) is 1. The highest BCUT2D eigenvalue weighted by Crippen LogP contribution is 2.24. The summed E-state index contributed by atoms with van der Waals surface area (Å²) in [6, 6.07) is 7.35. The molecule has 1 atom stereocenters. The molecule has 2 aromatic rings. The molecule has 1 aromatic heterocycles. The number of aliphatic carboxylic acids is 1. The first-order chi connectivity index (χ1) is 10.6. The molecule has 1 N–H and O–H groups in total. The highest BCUT2D eigenvalue weighted by atomic mass is 16.4. The maximum Gasteiger partial charge on any atom is 0.326 e. The second kappa shape index (κ2) is 5.83. The van der Waals surface area contributed by atoms with E-state index in [4.69, 9.17) is 0 Å². The Morgan fingerprint density at radius 1 is 1.32 bits per heavy atom. The summed E-state index contributed by atoms with van der Waals surface area (Å²) in [5.41, 5.74) is 2.09. The number of para-hydroxylation sites is 1. The predicted octanol–water partition coefficient (Wildman–Crippen LogP) is 2.28. The molecule has 5 nitrogen and oxygen atoms in total. The summed E-state index contributed by atoms with van der Waals surface area (Å²) in [6.45, 7) is 3.46. The summed E-state index contributed by atoms with van der Waals surface area (Å²) >= 11 is 0. The Balaban J connectivity index is 1.87. The monoisotopic (exact) mass is 300 g/mol. The van der Waals surface area contributed by atoms with Crippen molar-refractivity contribution in [1.29, 1.82) is 0 Å². The molecule has 1 aliphatic rings. The largest absolute Gasteiger partial charge is 0.480 e. The van der Waals surface area contributed by atoms with Crippen molar-refractivity contribution in [3.05, 3.63) is 36.0 Å². The lowest BCUT2D eigenvalue weighted by atomic mass is 10.1. The summed E-state index contributed by atoms with van der Waals surface area (Å²) in [6.07, 6.45) is 3.59. The van der Waals surface area contributed by atoms with Crippen molar-refractivity contribution in [3.8, 4) is 0 Å². The minimum atomic E-state index is -0.901. The molecule has 0 unspecified atom stereocenters. The van der Waals surface area contributed by atoms with Gasteiger partial charge in [0.05, 0.1) is 6.42 Å². The highest BCUT2D eigenvalue weighted by Gasteiger charge is 2.33. The molecule has 1 amide bonds. The molecule has 1 aromatic carbocycles. The van der Waals surface area contributed by atoms with Crippen LogP contribution in [0.4, 0.5) is 0 Å². The topological polar surface area (TPSA) is 62.5 Å². The van der Waals surface area contributed by atoms with Gasteiger partial charge in [-0.1, -0.05) is 18.2 Å². The fourth-order valence-electron chi connectivity index (χ4n) is 3.31. The number of carbonyl (C=O) groups is 2. The summed E-state index contributed by atoms with van der Waals surface area (Å²) < 4.78 is 2.12. The van der Waals surface area contributed by atoms with Gasteiger partial charge in [0.1, 0.15) is 6.04 Å². The fourth-order valence-corrected chi connectivity index (χ4v) is 3.31. The van der Waals surface area contributed by atoms with Crippen molar-refractivity contribution in [1.82, 2.24) is 9.47 Å². The van der Waals surface area contributed by atoms with Gasteiger partial charge in [0.2, 0.25) is 5.91 Å². The van der Waals surface area contributed by atoms with Crippen LogP contribution in [0.3, 0.4) is 0 Å². The van der Waals surface area contributed by atoms with Crippen LogP contribution in [-0.4, -0.2) is 39.0 Å². The van der Waals surface area contributed by atoms with Gasteiger partial charge in [-0.25, -0.2) is 4.79 Å². The minimum absolute atomic E-state index is 0.0936. The smallest absolute Gasteiger partial charge is 0.326 e. The lowest BCUT2D eigenvalue weighted by molar-refractivity contribution is -0.147. The van der Waals surface area contributed by atoms with Crippen molar-refractivity contribution >= 4 is 22.8 Å². The van der Waals surface area contributed by atoms with Gasteiger partial charge in [-0.3, -0.25) is 4.79 Å². The Morgan fingerprint density at radius 2 is 2.09 bits per heavy atom. The molecule has 0 bridgehead atoms. The quantitative estimate of drug-likeness (QED) is 0.942. The van der Waals surface area contributed by atoms with Crippen molar-refractivity contribution in [2.45, 2.75) is 38.8 Å². The van der Waals surface area contributed by atoms with Crippen LogP contribution < -0.4 is 0 Å². The number of aromatic nitrogens is 1. The Hall–Kier alpha value is -2.30. The van der Waals surface area contributed by atoms with Crippen molar-refractivity contribution < 1.29 is 14.7 Å². The Labute approximate surface area is 129 Å². The molecule has 1 aliphatic heterocycles. The molecule has 0 radical (unpaired) electrons. The predicted molar refractivity (Wildman–Crippen MR) is 83.7 cm³/mol. The zero-order valence-corrected chi connectivity index (χ0v) is 12.7. The highest BCUT2D eigenvalue weighted by molar-refractivity contribution is 5.91. The number of carbonyl (C=O) groups excluding carboxylic acids is 1. The van der Waals surface area contributed by atoms with Crippen LogP contribution in [0, 0.1) is 0 Å². The van der Waals surface area contributed by atoms with Gasteiger partial charge in [0.25, 0.3) is 0 Å². The van der Waals surface area contributed by atoms with E-state index in [9.17, 15) is 14.7 Å². The van der Waals surface area contributed by atoms with Gasteiger partial charge in [-0.2, -0.15) is 0 Å². The van der Waals surface area contributed by atoms with E-state index < -0.39 is 12.0 Å². The van der Waals surface area contributed by atoms with Crippen LogP contribution in [0.25, 0.3) is 10.9 Å². The zero-order chi connectivity index (χ0) is 15.7. The van der Waals surface area contributed by atoms with E-state index in [1.54, 1.807) is 0 Å². The average molecular weight is 300 g/mol. The third-order valence-electron chi connectivity index (χ3n) is 4.41. The van der Waals surface area contributed by atoms with Crippen LogP contribution in [0.1, 0.15) is 25.3 Å². The molecular weight excluding hydrogens is 280 g/mol. The average Bonchev–Trinajstić information content (AvgIpc) is 3.12. The molecule has 0 saturated carbocycles. The van der Waals surface area contributed by atoms with Gasteiger partial charge in [-0.05, 0) is 31.4 Å². The van der Waals surface area contributed by atoms with Crippen molar-refractivity contribution in [3.63, 3.8) is 0 Å². The number of hydrogen-bond donors (Lipinski definition) is 1. The molecule has 22 heavy (non-hydrogen) atoms. The van der Waals surface area contributed by atoms with Gasteiger partial charge in [0.15, 0.2) is 0 Å². The number of benzene rings is 1. The first-order valence-electron chi connectivity index (χ1n) is 7.71. The second-order valence-electron chi connectivity index (χ2n) is 5.72. The number of fused-ring (bicyclic) bond motifs is 1. The minimum Gasteiger partial charge on any atom is -0.480 e. The lowest BCUT2D eigenvalue weighted by Gasteiger charge is -2.21. The van der Waals surface area contributed by atoms with Crippen LogP contribution >= 0.6 is 0 Å². The van der Waals surface area contributed by atoms with Crippen LogP contribution in [0.5, 0.6) is 0 Å². The molecule has 3 rings (SSSR count). The molecular formula is C17H20N2O3. The number of nitrogens with zero attached hydrogens (tertiary/aromatic N) is 2. The third-order valence-corrected chi connectivity index (χ3v) is 4.41. The molecule has 1 saturated heterocycles. The van der Waals surface area contributed by atoms with Gasteiger partial charge in [0, 0.05) is 30.2 Å². The van der Waals surface area contributed by atoms with E-state index in [1.807, 2.05) is 30.5 Å². The second-order valence-corrected chi connectivity index (χ2v) is 5.72. The van der Waals surface area contributed by atoms with Crippen molar-refractivity contribution in [2.75, 3.05) is 6.54 Å². The number of carboxylic acid groups (broad SMARTS) is 1. The molecule has 5 heteroatoms. The molecule has 116 valence electrons. The van der Waals surface area contributed by atoms with E-state index in [2.05, 4.69) is 11.5 Å². The maximum atomic E-state index is 12.5. The summed E-state index contributed by atoms with van der Waals surface area (Å²) in [5.74, 6) is -0.995. The van der Waals surface area contributed by atoms with Gasteiger partial charge in [-0.15, -0.1) is 0 Å². The van der Waals surface area contributed by atoms with E-state index in [1.165, 1.54) is 4.90 Å². The van der Waals surface area contributed by atoms with Gasteiger partial charge < -0.3 is 14.6 Å². The first kappa shape index (κ1) is 14.6. The van der Waals surface area contributed by atoms with Crippen LogP contribution in [-0.2, 0) is 22.6 Å². The standard InChI is InChI=1S/C17H20N2O3/c1-2-18-11-12(13-6-3-4-7-14(13)18)10-16(20)19-9-5-8-15(19)17(21)22/h3-4,6-7,11,15H,2,5,8-10H2,1H3,(H,21,22)/t15-/m0/s1. The Morgan fingerprint density at radius 3 is 2.82 bits per heavy atom. The lowest BCUT2D eigenvalue weighted by Crippen LogP contribution is -2.41. The summed E-state index contributed by atoms with van der Waals surface area (Å²) in [5, 5.41) is 10.3. The molecule has 1 fully saturated rings. The maximum absolute atomic E-state index is 12.5. The number of hydrogen-bond acceptors (Lipinski definition) is 2. The van der Waals surface area contributed by atoms with E-state index in [0.717, 1.165) is 29.4 Å². The SMILES string of the molecule is CCn1cc(CC(=O)N2CCC[C@H]2C(=O)O)c2ccccc21. The van der Waals surface area contributed by atoms with Crippen LogP contribution in [0.15, 0.2) is 30.5 Å². The number of aryl methyl sites for hydroxylation is 1. The zero-order valence-electron chi connectivity index (χ0n) is 12.7. The Kier molecular flexibility index (Phi) is 3.88. The van der Waals surface area contributed by atoms with Crippen molar-refractivity contribution in [2.24, 2.45) is 0 Å². The van der Waals surface area contributed by atoms with E-state index in [-0.39, 0.29) is 12.3 Å². The normalized spacial score (nSPS) is 18.0. The third kappa shape index (κ3) is 2.47. The molecule has 0 spiro atoms. The first-order valence-corrected chi connectivity index (χ1v) is 7.71. The van der Waals surface area contributed by atoms with E-state index >= 15 is 0 Å². The summed E-state index contributed by atoms with van der Waals surface area (Å²) in [4.78, 5) is 25.3. The molecule has 2 heterocycles. The Bertz CT molecular complexity index is 720. The van der Waals surface area contributed by atoms with E-state index in [0.29, 0.717) is 13.0 Å².